The molecule has 0 saturated carbocycles. The van der Waals surface area contributed by atoms with Gasteiger partial charge in [0.2, 0.25) is 17.7 Å². The van der Waals surface area contributed by atoms with E-state index >= 15 is 0 Å². The number of benzene rings is 1. The van der Waals surface area contributed by atoms with Crippen LogP contribution in [0.15, 0.2) is 30.3 Å². The van der Waals surface area contributed by atoms with Gasteiger partial charge in [-0.3, -0.25) is 14.4 Å². The van der Waals surface area contributed by atoms with Gasteiger partial charge in [-0.2, -0.15) is 0 Å². The molecule has 8 heteroatoms. The maximum absolute atomic E-state index is 13.7. The third kappa shape index (κ3) is 3.71. The van der Waals surface area contributed by atoms with Crippen molar-refractivity contribution in [3.63, 3.8) is 0 Å². The zero-order chi connectivity index (χ0) is 22.9. The van der Waals surface area contributed by atoms with Gasteiger partial charge in [0, 0.05) is 30.6 Å². The number of para-hydroxylation sites is 1. The van der Waals surface area contributed by atoms with Crippen molar-refractivity contribution in [3.05, 3.63) is 30.3 Å². The second-order valence-corrected chi connectivity index (χ2v) is 10.7. The molecule has 174 valence electrons. The monoisotopic (exact) mass is 459 g/mol. The predicted octanol–water partition coefficient (Wildman–Crippen LogP) is 2.26. The summed E-state index contributed by atoms with van der Waals surface area (Å²) in [6.07, 6.45) is 3.08. The number of amides is 3. The van der Waals surface area contributed by atoms with E-state index in [1.54, 1.807) is 16.7 Å². The van der Waals surface area contributed by atoms with E-state index < -0.39 is 22.6 Å². The first-order valence-corrected chi connectivity index (χ1v) is 12.6. The molecule has 1 aromatic rings. The van der Waals surface area contributed by atoms with Crippen LogP contribution in [0.2, 0.25) is 0 Å². The number of carbonyl (C=O) groups excluding carboxylic acids is 3. The molecule has 1 spiro atoms. The summed E-state index contributed by atoms with van der Waals surface area (Å²) in [5.74, 6) is -1.23. The Hall–Kier alpha value is -2.06. The molecule has 32 heavy (non-hydrogen) atoms. The molecule has 3 heterocycles. The van der Waals surface area contributed by atoms with E-state index in [4.69, 9.17) is 0 Å². The Balaban J connectivity index is 1.65. The number of likely N-dealkylation sites (tertiary alicyclic amines) is 1. The van der Waals surface area contributed by atoms with Gasteiger partial charge in [0.05, 0.1) is 16.6 Å². The van der Waals surface area contributed by atoms with Gasteiger partial charge in [-0.15, -0.1) is 11.8 Å². The number of aliphatic hydroxyl groups is 1. The summed E-state index contributed by atoms with van der Waals surface area (Å²) < 4.78 is -0.605. The lowest BCUT2D eigenvalue weighted by Crippen LogP contribution is -2.56. The summed E-state index contributed by atoms with van der Waals surface area (Å²) in [4.78, 5) is 42.1. The molecule has 1 aromatic carbocycles. The third-order valence-corrected chi connectivity index (χ3v) is 9.30. The minimum absolute atomic E-state index is 0.0218. The van der Waals surface area contributed by atoms with E-state index in [1.165, 1.54) is 0 Å². The smallest absolute Gasteiger partial charge is 0.244 e. The first kappa shape index (κ1) is 23.1. The quantitative estimate of drug-likeness (QED) is 0.492. The molecule has 6 atom stereocenters. The number of unbranched alkanes of at least 4 members (excludes halogenated alkanes) is 1. The molecule has 3 fully saturated rings. The lowest BCUT2D eigenvalue weighted by Gasteiger charge is -2.38. The summed E-state index contributed by atoms with van der Waals surface area (Å²) in [6, 6.07) is 8.69. The number of rotatable bonds is 9. The van der Waals surface area contributed by atoms with Gasteiger partial charge in [-0.25, -0.2) is 0 Å². The second kappa shape index (κ2) is 9.43. The highest BCUT2D eigenvalue weighted by atomic mass is 32.2. The van der Waals surface area contributed by atoms with Gasteiger partial charge in [-0.1, -0.05) is 38.5 Å². The number of nitrogens with one attached hydrogen (secondary N) is 2. The molecule has 4 rings (SSSR count). The SMILES string of the molecule is CCCCNC(=O)C1N(CCCO)C(=O)[C@@H]2[C@@H](C(=O)Nc3ccccc3)[C@H]3CC(C)C12S3. The van der Waals surface area contributed by atoms with Crippen LogP contribution in [0.1, 0.15) is 39.5 Å². The summed E-state index contributed by atoms with van der Waals surface area (Å²) in [5, 5.41) is 15.4. The fourth-order valence-electron chi connectivity index (χ4n) is 5.83. The van der Waals surface area contributed by atoms with Crippen molar-refractivity contribution in [1.82, 2.24) is 10.2 Å². The number of aliphatic hydroxyl groups excluding tert-OH is 1. The molecule has 3 N–H and O–H groups in total. The van der Waals surface area contributed by atoms with E-state index in [2.05, 4.69) is 24.5 Å². The topological polar surface area (TPSA) is 98.7 Å². The molecule has 2 bridgehead atoms. The van der Waals surface area contributed by atoms with Crippen LogP contribution in [0.3, 0.4) is 0 Å². The van der Waals surface area contributed by atoms with Crippen LogP contribution in [-0.4, -0.2) is 63.5 Å². The number of hydrogen-bond donors (Lipinski definition) is 3. The molecule has 0 radical (unpaired) electrons. The summed E-state index contributed by atoms with van der Waals surface area (Å²) in [6.45, 7) is 5.04. The standard InChI is InChI=1S/C24H33N3O4S/c1-3-4-11-25-22(30)20-24-15(2)14-17(32-24)18(19(24)23(31)27(20)12-8-13-28)21(29)26-16-9-6-5-7-10-16/h5-7,9-10,15,17-20,28H,3-4,8,11-14H2,1-2H3,(H,25,30)(H,26,29)/t15?,17-,18+,19+,20?,24?/m1/s1. The summed E-state index contributed by atoms with van der Waals surface area (Å²) >= 11 is 1.67. The normalized spacial score (nSPS) is 32.8. The first-order valence-electron chi connectivity index (χ1n) is 11.7. The Labute approximate surface area is 193 Å². The highest BCUT2D eigenvalue weighted by molar-refractivity contribution is 8.02. The molecule has 3 aliphatic heterocycles. The first-order chi connectivity index (χ1) is 15.5. The molecule has 3 saturated heterocycles. The van der Waals surface area contributed by atoms with Gasteiger partial charge in [0.15, 0.2) is 0 Å². The van der Waals surface area contributed by atoms with Crippen LogP contribution in [0, 0.1) is 17.8 Å². The number of anilines is 1. The summed E-state index contributed by atoms with van der Waals surface area (Å²) in [5.41, 5.74) is 0.712. The second-order valence-electron chi connectivity index (χ2n) is 9.16. The van der Waals surface area contributed by atoms with Crippen LogP contribution >= 0.6 is 11.8 Å². The van der Waals surface area contributed by atoms with Crippen molar-refractivity contribution < 1.29 is 19.5 Å². The third-order valence-electron chi connectivity index (χ3n) is 7.22. The summed E-state index contributed by atoms with van der Waals surface area (Å²) in [7, 11) is 0. The number of nitrogens with zero attached hydrogens (tertiary/aromatic N) is 1. The lowest BCUT2D eigenvalue weighted by molar-refractivity contribution is -0.139. The fourth-order valence-corrected chi connectivity index (χ4v) is 8.26. The van der Waals surface area contributed by atoms with Crippen LogP contribution in [-0.2, 0) is 14.4 Å². The van der Waals surface area contributed by atoms with Gasteiger partial charge >= 0.3 is 0 Å². The number of thioether (sulfide) groups is 1. The highest BCUT2D eigenvalue weighted by Crippen LogP contribution is 2.68. The number of hydrogen-bond acceptors (Lipinski definition) is 5. The van der Waals surface area contributed by atoms with E-state index in [-0.39, 0.29) is 35.5 Å². The molecule has 0 aromatic heterocycles. The number of carbonyl (C=O) groups is 3. The molecule has 3 unspecified atom stereocenters. The van der Waals surface area contributed by atoms with E-state index in [9.17, 15) is 19.5 Å². The minimum Gasteiger partial charge on any atom is -0.396 e. The molecular weight excluding hydrogens is 426 g/mol. The van der Waals surface area contributed by atoms with Crippen molar-refractivity contribution in [2.24, 2.45) is 17.8 Å². The van der Waals surface area contributed by atoms with Crippen LogP contribution in [0.25, 0.3) is 0 Å². The van der Waals surface area contributed by atoms with Crippen molar-refractivity contribution in [2.45, 2.75) is 55.6 Å². The van der Waals surface area contributed by atoms with E-state index in [1.807, 2.05) is 30.3 Å². The molecular formula is C24H33N3O4S. The zero-order valence-electron chi connectivity index (χ0n) is 18.8. The van der Waals surface area contributed by atoms with Gasteiger partial charge in [0.1, 0.15) is 6.04 Å². The van der Waals surface area contributed by atoms with Crippen LogP contribution < -0.4 is 10.6 Å². The number of fused-ring (bicyclic) bond motifs is 1. The lowest BCUT2D eigenvalue weighted by atomic mass is 9.66. The minimum atomic E-state index is -0.608. The molecule has 7 nitrogen and oxygen atoms in total. The largest absolute Gasteiger partial charge is 0.396 e. The van der Waals surface area contributed by atoms with Crippen LogP contribution in [0.4, 0.5) is 5.69 Å². The fraction of sp³-hybridized carbons (Fsp3) is 0.625. The molecule has 0 aliphatic carbocycles. The maximum Gasteiger partial charge on any atom is 0.244 e. The van der Waals surface area contributed by atoms with Crippen molar-refractivity contribution in [2.75, 3.05) is 25.0 Å². The van der Waals surface area contributed by atoms with Gasteiger partial charge in [-0.05, 0) is 37.3 Å². The Bertz CT molecular complexity index is 866. The van der Waals surface area contributed by atoms with Crippen molar-refractivity contribution in [3.8, 4) is 0 Å². The van der Waals surface area contributed by atoms with E-state index in [0.29, 0.717) is 25.2 Å². The Morgan fingerprint density at radius 1 is 1.22 bits per heavy atom. The Morgan fingerprint density at radius 3 is 2.66 bits per heavy atom. The highest BCUT2D eigenvalue weighted by Gasteiger charge is 2.75. The zero-order valence-corrected chi connectivity index (χ0v) is 19.6. The average Bonchev–Trinajstić information content (AvgIpc) is 3.37. The molecule has 3 amide bonds. The van der Waals surface area contributed by atoms with Gasteiger partial charge in [0.25, 0.3) is 0 Å². The molecule has 3 aliphatic rings. The predicted molar refractivity (Wildman–Crippen MR) is 125 cm³/mol. The maximum atomic E-state index is 13.7. The van der Waals surface area contributed by atoms with Crippen molar-refractivity contribution in [1.29, 1.82) is 0 Å². The Kier molecular flexibility index (Phi) is 6.81. The average molecular weight is 460 g/mol. The van der Waals surface area contributed by atoms with E-state index in [0.717, 1.165) is 19.3 Å². The van der Waals surface area contributed by atoms with Crippen LogP contribution in [0.5, 0.6) is 0 Å². The Morgan fingerprint density at radius 2 is 1.97 bits per heavy atom. The van der Waals surface area contributed by atoms with Gasteiger partial charge < -0.3 is 20.6 Å². The van der Waals surface area contributed by atoms with Crippen molar-refractivity contribution >= 4 is 35.2 Å².